The molecule has 3 fully saturated rings. The molecule has 1 saturated heterocycles. The van der Waals surface area contributed by atoms with Gasteiger partial charge in [0.2, 0.25) is 0 Å². The largest absolute Gasteiger partial charge is 0.446 e. The van der Waals surface area contributed by atoms with Gasteiger partial charge in [-0.15, -0.1) is 0 Å². The Morgan fingerprint density at radius 1 is 1.07 bits per heavy atom. The molecule has 0 bridgehead atoms. The lowest BCUT2D eigenvalue weighted by atomic mass is 9.55. The van der Waals surface area contributed by atoms with Gasteiger partial charge in [-0.25, -0.2) is 0 Å². The Morgan fingerprint density at radius 2 is 1.77 bits per heavy atom. The third kappa shape index (κ3) is 4.42. The zero-order chi connectivity index (χ0) is 21.4. The van der Waals surface area contributed by atoms with Gasteiger partial charge in [-0.3, -0.25) is 9.35 Å². The predicted octanol–water partition coefficient (Wildman–Crippen LogP) is 2.47. The molecule has 166 valence electrons. The summed E-state index contributed by atoms with van der Waals surface area (Å²) in [6.45, 7) is 6.71. The van der Waals surface area contributed by atoms with Crippen LogP contribution in [-0.2, 0) is 21.6 Å². The predicted molar refractivity (Wildman–Crippen MR) is 114 cm³/mol. The average molecular weight is 437 g/mol. The fourth-order valence-corrected chi connectivity index (χ4v) is 6.45. The van der Waals surface area contributed by atoms with Crippen LogP contribution >= 0.6 is 0 Å². The number of ketones is 1. The number of piperazine rings is 1. The molecular formula is C22H32N2O5S. The first-order valence-electron chi connectivity index (χ1n) is 11.0. The Balaban J connectivity index is 0.000000313. The van der Waals surface area contributed by atoms with E-state index in [0.29, 0.717) is 23.5 Å². The van der Waals surface area contributed by atoms with Crippen LogP contribution in [0.3, 0.4) is 0 Å². The SMILES string of the molecule is C1CNCCN1.CC12CC[C@@H]3c4ccc(OS(=O)(=O)O)cc4CCC3[C@@H]1CCC2=O. The van der Waals surface area contributed by atoms with E-state index < -0.39 is 10.4 Å². The Morgan fingerprint density at radius 3 is 2.40 bits per heavy atom. The number of carbonyl (C=O) groups excluding carboxylic acids is 1. The number of carbonyl (C=O) groups is 1. The minimum absolute atomic E-state index is 0.132. The summed E-state index contributed by atoms with van der Waals surface area (Å²) in [6, 6.07) is 5.28. The van der Waals surface area contributed by atoms with Crippen molar-refractivity contribution in [2.24, 2.45) is 17.3 Å². The Bertz CT molecular complexity index is 887. The second-order valence-corrected chi connectivity index (χ2v) is 10.2. The zero-order valence-electron chi connectivity index (χ0n) is 17.5. The molecule has 0 radical (unpaired) electrons. The molecule has 2 saturated carbocycles. The molecule has 1 aromatic rings. The molecule has 4 aliphatic rings. The van der Waals surface area contributed by atoms with Gasteiger partial charge in [-0.05, 0) is 73.1 Å². The molecule has 7 nitrogen and oxygen atoms in total. The molecule has 1 heterocycles. The van der Waals surface area contributed by atoms with Gasteiger partial charge in [0.25, 0.3) is 0 Å². The number of hydrogen-bond acceptors (Lipinski definition) is 6. The van der Waals surface area contributed by atoms with Gasteiger partial charge in [0.15, 0.2) is 0 Å². The molecule has 1 aliphatic heterocycles. The maximum absolute atomic E-state index is 12.3. The van der Waals surface area contributed by atoms with Gasteiger partial charge in [0.1, 0.15) is 11.5 Å². The van der Waals surface area contributed by atoms with E-state index in [1.165, 1.54) is 5.56 Å². The molecule has 0 amide bonds. The van der Waals surface area contributed by atoms with Crippen molar-refractivity contribution in [1.29, 1.82) is 0 Å². The highest BCUT2D eigenvalue weighted by atomic mass is 32.3. The molecule has 0 aromatic heterocycles. The summed E-state index contributed by atoms with van der Waals surface area (Å²) < 4.78 is 35.2. The van der Waals surface area contributed by atoms with E-state index in [0.717, 1.165) is 70.3 Å². The first kappa shape index (κ1) is 21.7. The Labute approximate surface area is 178 Å². The van der Waals surface area contributed by atoms with Gasteiger partial charge in [0, 0.05) is 38.0 Å². The second-order valence-electron chi connectivity index (χ2n) is 9.21. The van der Waals surface area contributed by atoms with E-state index in [1.54, 1.807) is 12.1 Å². The van der Waals surface area contributed by atoms with Crippen LogP contribution in [0.5, 0.6) is 5.75 Å². The molecule has 0 spiro atoms. The molecule has 5 rings (SSSR count). The van der Waals surface area contributed by atoms with Crippen molar-refractivity contribution in [1.82, 2.24) is 10.6 Å². The smallest absolute Gasteiger partial charge is 0.362 e. The topological polar surface area (TPSA) is 105 Å². The number of fused-ring (bicyclic) bond motifs is 5. The standard InChI is InChI=1S/C18H22O5S.C4H10N2/c1-18-9-8-14-13-5-3-12(23-24(20,21)22)10-11(13)2-4-15(14)16(18)6-7-17(18)19;1-2-6-4-3-5-1/h3,5,10,14-16H,2,4,6-9H2,1H3,(H,20,21,22);5-6H,1-4H2/t14-,15?,16+,18?;/m1./s1. The number of aryl methyl sites for hydroxylation is 1. The molecule has 3 aliphatic carbocycles. The summed E-state index contributed by atoms with van der Waals surface area (Å²) >= 11 is 0. The van der Waals surface area contributed by atoms with Crippen LogP contribution in [0.25, 0.3) is 0 Å². The van der Waals surface area contributed by atoms with Crippen LogP contribution in [0.2, 0.25) is 0 Å². The zero-order valence-corrected chi connectivity index (χ0v) is 18.3. The van der Waals surface area contributed by atoms with Gasteiger partial charge in [0.05, 0.1) is 0 Å². The first-order chi connectivity index (χ1) is 14.3. The highest BCUT2D eigenvalue weighted by Gasteiger charge is 2.54. The van der Waals surface area contributed by atoms with E-state index in [2.05, 4.69) is 21.7 Å². The van der Waals surface area contributed by atoms with Crippen molar-refractivity contribution < 1.29 is 21.9 Å². The van der Waals surface area contributed by atoms with Crippen molar-refractivity contribution in [3.8, 4) is 5.75 Å². The summed E-state index contributed by atoms with van der Waals surface area (Å²) in [6.07, 6.45) is 5.57. The lowest BCUT2D eigenvalue weighted by Crippen LogP contribution is -2.42. The summed E-state index contributed by atoms with van der Waals surface area (Å²) in [4.78, 5) is 12.3. The number of benzene rings is 1. The summed E-state index contributed by atoms with van der Waals surface area (Å²) in [7, 11) is -4.49. The lowest BCUT2D eigenvalue weighted by Gasteiger charge is -2.48. The van der Waals surface area contributed by atoms with Gasteiger partial charge >= 0.3 is 10.4 Å². The van der Waals surface area contributed by atoms with Gasteiger partial charge < -0.3 is 14.8 Å². The summed E-state index contributed by atoms with van der Waals surface area (Å²) in [5, 5.41) is 6.44. The van der Waals surface area contributed by atoms with Gasteiger partial charge in [-0.2, -0.15) is 8.42 Å². The number of nitrogens with one attached hydrogen (secondary N) is 2. The molecule has 1 aromatic carbocycles. The molecule has 2 unspecified atom stereocenters. The van der Waals surface area contributed by atoms with Crippen molar-refractivity contribution in [2.45, 2.75) is 51.4 Å². The average Bonchev–Trinajstić information content (AvgIpc) is 3.03. The highest BCUT2D eigenvalue weighted by Crippen LogP contribution is 2.59. The van der Waals surface area contributed by atoms with E-state index >= 15 is 0 Å². The van der Waals surface area contributed by atoms with Crippen LogP contribution in [-0.4, -0.2) is 44.9 Å². The molecule has 30 heavy (non-hydrogen) atoms. The fourth-order valence-electron chi connectivity index (χ4n) is 6.11. The molecule has 3 N–H and O–H groups in total. The Hall–Kier alpha value is -1.48. The first-order valence-corrected chi connectivity index (χ1v) is 12.4. The Kier molecular flexibility index (Phi) is 6.21. The highest BCUT2D eigenvalue weighted by molar-refractivity contribution is 7.81. The van der Waals surface area contributed by atoms with Crippen LogP contribution in [0.15, 0.2) is 18.2 Å². The van der Waals surface area contributed by atoms with E-state index in [9.17, 15) is 13.2 Å². The van der Waals surface area contributed by atoms with E-state index in [4.69, 9.17) is 4.55 Å². The summed E-state index contributed by atoms with van der Waals surface area (Å²) in [5.41, 5.74) is 2.23. The number of hydrogen-bond donors (Lipinski definition) is 3. The van der Waals surface area contributed by atoms with Gasteiger partial charge in [-0.1, -0.05) is 13.0 Å². The maximum Gasteiger partial charge on any atom is 0.446 e. The lowest BCUT2D eigenvalue weighted by molar-refractivity contribution is -0.129. The van der Waals surface area contributed by atoms with Crippen molar-refractivity contribution in [3.63, 3.8) is 0 Å². The minimum atomic E-state index is -4.49. The van der Waals surface area contributed by atoms with Crippen LogP contribution < -0.4 is 14.8 Å². The van der Waals surface area contributed by atoms with E-state index in [-0.39, 0.29) is 11.2 Å². The minimum Gasteiger partial charge on any atom is -0.362 e. The number of rotatable bonds is 2. The van der Waals surface area contributed by atoms with Crippen molar-refractivity contribution >= 4 is 16.2 Å². The second kappa shape index (κ2) is 8.57. The molecular weight excluding hydrogens is 404 g/mol. The quantitative estimate of drug-likeness (QED) is 0.612. The van der Waals surface area contributed by atoms with E-state index in [1.807, 2.05) is 6.07 Å². The third-order valence-corrected chi connectivity index (χ3v) is 7.97. The summed E-state index contributed by atoms with van der Waals surface area (Å²) in [5.74, 6) is 2.05. The third-order valence-electron chi connectivity index (χ3n) is 7.57. The van der Waals surface area contributed by atoms with Crippen LogP contribution in [0.4, 0.5) is 0 Å². The van der Waals surface area contributed by atoms with Crippen LogP contribution in [0.1, 0.15) is 56.1 Å². The molecule has 4 atom stereocenters. The van der Waals surface area contributed by atoms with Crippen molar-refractivity contribution in [3.05, 3.63) is 29.3 Å². The monoisotopic (exact) mass is 436 g/mol. The fraction of sp³-hybridized carbons (Fsp3) is 0.682. The molecule has 8 heteroatoms. The number of Topliss-reactive ketones (excluding diaryl/α,β-unsaturated/α-hetero) is 1. The van der Waals surface area contributed by atoms with Crippen LogP contribution in [0, 0.1) is 17.3 Å². The normalized spacial score (nSPS) is 32.9. The van der Waals surface area contributed by atoms with Crippen molar-refractivity contribution in [2.75, 3.05) is 26.2 Å². The maximum atomic E-state index is 12.3.